The number of hydrogen-bond acceptors (Lipinski definition) is 4. The lowest BCUT2D eigenvalue weighted by molar-refractivity contribution is 0.103. The Kier molecular flexibility index (Phi) is 5.56. The van der Waals surface area contributed by atoms with Crippen molar-refractivity contribution in [2.24, 2.45) is 5.14 Å². The molecule has 3 rings (SSSR count). The Labute approximate surface area is 152 Å². The highest BCUT2D eigenvalue weighted by atomic mass is 32.2. The molecule has 0 atom stereocenters. The average molecular weight is 379 g/mol. The molecule has 1 amide bonds. The SMILES string of the molecule is NS(=O)(=O)Cc1ccc(NC(=O)c2cc3c(s2)CCCCCC3)cc1. The minimum Gasteiger partial charge on any atom is -0.321 e. The van der Waals surface area contributed by atoms with Crippen molar-refractivity contribution in [3.63, 3.8) is 0 Å². The van der Waals surface area contributed by atoms with Crippen LogP contribution in [-0.2, 0) is 28.6 Å². The number of carbonyl (C=O) groups is 1. The molecule has 0 radical (unpaired) electrons. The first kappa shape index (κ1) is 18.1. The smallest absolute Gasteiger partial charge is 0.265 e. The molecule has 0 aliphatic heterocycles. The van der Waals surface area contributed by atoms with E-state index in [1.807, 2.05) is 6.07 Å². The molecule has 3 N–H and O–H groups in total. The van der Waals surface area contributed by atoms with Crippen molar-refractivity contribution >= 4 is 33.0 Å². The number of benzene rings is 1. The van der Waals surface area contributed by atoms with Crippen LogP contribution in [0.15, 0.2) is 30.3 Å². The van der Waals surface area contributed by atoms with Gasteiger partial charge in [0.1, 0.15) is 0 Å². The second-order valence-corrected chi connectivity index (χ2v) is 9.18. The van der Waals surface area contributed by atoms with Crippen molar-refractivity contribution in [2.75, 3.05) is 5.32 Å². The Bertz CT molecular complexity index is 829. The lowest BCUT2D eigenvalue weighted by Gasteiger charge is -2.07. The van der Waals surface area contributed by atoms with Gasteiger partial charge in [0.2, 0.25) is 10.0 Å². The number of amides is 1. The first-order chi connectivity index (χ1) is 11.9. The van der Waals surface area contributed by atoms with Gasteiger partial charge in [-0.25, -0.2) is 13.6 Å². The number of fused-ring (bicyclic) bond motifs is 1. The molecule has 1 aliphatic rings. The van der Waals surface area contributed by atoms with Crippen molar-refractivity contribution in [3.8, 4) is 0 Å². The summed E-state index contributed by atoms with van der Waals surface area (Å²) in [6.07, 6.45) is 7.04. The molecular formula is C18H22N2O3S2. The molecule has 0 spiro atoms. The third-order valence-electron chi connectivity index (χ3n) is 4.30. The zero-order valence-electron chi connectivity index (χ0n) is 14.0. The van der Waals surface area contributed by atoms with Crippen molar-refractivity contribution in [3.05, 3.63) is 51.2 Å². The maximum Gasteiger partial charge on any atom is 0.265 e. The Balaban J connectivity index is 1.69. The van der Waals surface area contributed by atoms with Crippen LogP contribution >= 0.6 is 11.3 Å². The second-order valence-electron chi connectivity index (χ2n) is 6.43. The minimum absolute atomic E-state index is 0.115. The third-order valence-corrected chi connectivity index (χ3v) is 6.27. The number of thiophene rings is 1. The number of carbonyl (C=O) groups excluding carboxylic acids is 1. The van der Waals surface area contributed by atoms with Gasteiger partial charge >= 0.3 is 0 Å². The molecule has 1 aromatic carbocycles. The van der Waals surface area contributed by atoms with Crippen molar-refractivity contribution in [1.29, 1.82) is 0 Å². The summed E-state index contributed by atoms with van der Waals surface area (Å²) in [5.74, 6) is -0.324. The van der Waals surface area contributed by atoms with Gasteiger partial charge in [-0.1, -0.05) is 25.0 Å². The molecule has 7 heteroatoms. The molecule has 134 valence electrons. The molecule has 1 heterocycles. The number of rotatable bonds is 4. The van der Waals surface area contributed by atoms with E-state index in [-0.39, 0.29) is 11.7 Å². The van der Waals surface area contributed by atoms with Gasteiger partial charge in [-0.05, 0) is 55.0 Å². The minimum atomic E-state index is -3.55. The molecule has 5 nitrogen and oxygen atoms in total. The zero-order chi connectivity index (χ0) is 17.9. The lowest BCUT2D eigenvalue weighted by atomic mass is 10.00. The van der Waals surface area contributed by atoms with Crippen LogP contribution in [-0.4, -0.2) is 14.3 Å². The summed E-state index contributed by atoms with van der Waals surface area (Å²) in [5.41, 5.74) is 2.56. The Morgan fingerprint density at radius 1 is 1.08 bits per heavy atom. The zero-order valence-corrected chi connectivity index (χ0v) is 15.6. The Morgan fingerprint density at radius 3 is 2.44 bits per heavy atom. The molecule has 2 aromatic rings. The maximum atomic E-state index is 12.5. The van der Waals surface area contributed by atoms with Crippen LogP contribution in [0.1, 0.15) is 51.4 Å². The summed E-state index contributed by atoms with van der Waals surface area (Å²) in [6, 6.07) is 8.74. The van der Waals surface area contributed by atoms with Gasteiger partial charge in [-0.2, -0.15) is 0 Å². The van der Waals surface area contributed by atoms with Crippen LogP contribution in [0.2, 0.25) is 0 Å². The van der Waals surface area contributed by atoms with Crippen LogP contribution in [0.3, 0.4) is 0 Å². The summed E-state index contributed by atoms with van der Waals surface area (Å²) in [4.78, 5) is 14.6. The number of primary sulfonamides is 1. The van der Waals surface area contributed by atoms with Gasteiger partial charge in [-0.3, -0.25) is 4.79 Å². The van der Waals surface area contributed by atoms with Crippen molar-refractivity contribution in [1.82, 2.24) is 0 Å². The van der Waals surface area contributed by atoms with E-state index in [0.29, 0.717) is 11.3 Å². The molecular weight excluding hydrogens is 356 g/mol. The number of nitrogens with two attached hydrogens (primary N) is 1. The van der Waals surface area contributed by atoms with Crippen LogP contribution in [0, 0.1) is 0 Å². The van der Waals surface area contributed by atoms with E-state index in [0.717, 1.165) is 17.7 Å². The average Bonchev–Trinajstić information content (AvgIpc) is 2.90. The van der Waals surface area contributed by atoms with Crippen molar-refractivity contribution in [2.45, 2.75) is 44.3 Å². The van der Waals surface area contributed by atoms with Gasteiger partial charge in [-0.15, -0.1) is 11.3 Å². The summed E-state index contributed by atoms with van der Waals surface area (Å²) in [7, 11) is -3.55. The summed E-state index contributed by atoms with van der Waals surface area (Å²) in [5, 5.41) is 7.92. The first-order valence-electron chi connectivity index (χ1n) is 8.43. The number of anilines is 1. The predicted octanol–water partition coefficient (Wildman–Crippen LogP) is 3.45. The molecule has 1 aromatic heterocycles. The van der Waals surface area contributed by atoms with Crippen LogP contribution in [0.25, 0.3) is 0 Å². The Hall–Kier alpha value is -1.70. The molecule has 1 aliphatic carbocycles. The van der Waals surface area contributed by atoms with Gasteiger partial charge in [0, 0.05) is 10.6 Å². The number of nitrogens with one attached hydrogen (secondary N) is 1. The van der Waals surface area contributed by atoms with Crippen LogP contribution in [0.4, 0.5) is 5.69 Å². The Morgan fingerprint density at radius 2 is 1.76 bits per heavy atom. The molecule has 0 saturated heterocycles. The van der Waals surface area contributed by atoms with E-state index in [1.54, 1.807) is 35.6 Å². The molecule has 0 bridgehead atoms. The predicted molar refractivity (Wildman–Crippen MR) is 101 cm³/mol. The lowest BCUT2D eigenvalue weighted by Crippen LogP contribution is -2.14. The van der Waals surface area contributed by atoms with E-state index in [4.69, 9.17) is 5.14 Å². The highest BCUT2D eigenvalue weighted by Gasteiger charge is 2.16. The first-order valence-corrected chi connectivity index (χ1v) is 11.0. The summed E-state index contributed by atoms with van der Waals surface area (Å²) >= 11 is 1.59. The van der Waals surface area contributed by atoms with Gasteiger partial charge in [0.15, 0.2) is 0 Å². The topological polar surface area (TPSA) is 89.3 Å². The fourth-order valence-electron chi connectivity index (χ4n) is 3.07. The number of hydrogen-bond donors (Lipinski definition) is 2. The van der Waals surface area contributed by atoms with Gasteiger partial charge in [0.25, 0.3) is 5.91 Å². The number of sulfonamides is 1. The van der Waals surface area contributed by atoms with E-state index in [2.05, 4.69) is 5.32 Å². The molecule has 25 heavy (non-hydrogen) atoms. The van der Waals surface area contributed by atoms with Crippen LogP contribution < -0.4 is 10.5 Å². The molecule has 0 unspecified atom stereocenters. The maximum absolute atomic E-state index is 12.5. The monoisotopic (exact) mass is 378 g/mol. The standard InChI is InChI=1S/C18H22N2O3S2/c19-25(22,23)12-13-7-9-15(10-8-13)20-18(21)17-11-14-5-3-1-2-4-6-16(14)24-17/h7-11H,1-6,12H2,(H,20,21)(H2,19,22,23). The quantitative estimate of drug-likeness (QED) is 0.854. The molecule has 0 saturated carbocycles. The summed E-state index contributed by atoms with van der Waals surface area (Å²) in [6.45, 7) is 0. The normalized spacial score (nSPS) is 15.1. The highest BCUT2D eigenvalue weighted by molar-refractivity contribution is 7.88. The third kappa shape index (κ3) is 5.14. The van der Waals surface area contributed by atoms with Crippen LogP contribution in [0.5, 0.6) is 0 Å². The van der Waals surface area contributed by atoms with E-state index in [9.17, 15) is 13.2 Å². The van der Waals surface area contributed by atoms with E-state index >= 15 is 0 Å². The largest absolute Gasteiger partial charge is 0.321 e. The summed E-state index contributed by atoms with van der Waals surface area (Å²) < 4.78 is 22.2. The van der Waals surface area contributed by atoms with Gasteiger partial charge < -0.3 is 5.32 Å². The number of aryl methyl sites for hydroxylation is 2. The molecule has 0 fully saturated rings. The van der Waals surface area contributed by atoms with Gasteiger partial charge in [0.05, 0.1) is 10.6 Å². The van der Waals surface area contributed by atoms with E-state index in [1.165, 1.54) is 36.1 Å². The second kappa shape index (κ2) is 7.68. The van der Waals surface area contributed by atoms with E-state index < -0.39 is 10.0 Å². The fraction of sp³-hybridized carbons (Fsp3) is 0.389. The highest BCUT2D eigenvalue weighted by Crippen LogP contribution is 2.29. The fourth-order valence-corrected chi connectivity index (χ4v) is 4.87. The van der Waals surface area contributed by atoms with Crippen molar-refractivity contribution < 1.29 is 13.2 Å².